The quantitative estimate of drug-likeness (QED) is 0.574. The topological polar surface area (TPSA) is 29.5 Å². The monoisotopic (exact) mass is 379 g/mol. The maximum absolute atomic E-state index is 13.6. The van der Waals surface area contributed by atoms with E-state index in [0.29, 0.717) is 5.56 Å². The summed E-state index contributed by atoms with van der Waals surface area (Å²) in [5.74, 6) is 0.0210. The number of hydrogen-bond donors (Lipinski definition) is 0. The normalized spacial score (nSPS) is 24.1. The number of carbonyl (C=O) groups excluding carboxylic acids is 1. The molecule has 142 valence electrons. The van der Waals surface area contributed by atoms with Crippen LogP contribution in [0.25, 0.3) is 6.08 Å². The molecular formula is C26H21NO2. The van der Waals surface area contributed by atoms with Gasteiger partial charge in [0.05, 0.1) is 5.69 Å². The van der Waals surface area contributed by atoms with Gasteiger partial charge in [0, 0.05) is 11.5 Å². The van der Waals surface area contributed by atoms with Crippen LogP contribution in [-0.4, -0.2) is 17.9 Å². The Morgan fingerprint density at radius 2 is 1.45 bits per heavy atom. The lowest BCUT2D eigenvalue weighted by molar-refractivity contribution is 0.0885. The predicted molar refractivity (Wildman–Crippen MR) is 115 cm³/mol. The van der Waals surface area contributed by atoms with Crippen LogP contribution in [0.5, 0.6) is 0 Å². The van der Waals surface area contributed by atoms with Crippen LogP contribution in [0.2, 0.25) is 0 Å². The molecule has 0 unspecified atom stereocenters. The van der Waals surface area contributed by atoms with Gasteiger partial charge in [-0.2, -0.15) is 0 Å². The number of anilines is 1. The first-order chi connectivity index (χ1) is 14.3. The first-order valence-electron chi connectivity index (χ1n) is 9.86. The van der Waals surface area contributed by atoms with Crippen molar-refractivity contribution in [3.63, 3.8) is 0 Å². The molecule has 3 nitrogen and oxygen atoms in total. The van der Waals surface area contributed by atoms with E-state index in [2.05, 4.69) is 30.4 Å². The van der Waals surface area contributed by atoms with Gasteiger partial charge in [0.25, 0.3) is 0 Å². The van der Waals surface area contributed by atoms with E-state index in [4.69, 9.17) is 4.84 Å². The van der Waals surface area contributed by atoms with Crippen LogP contribution in [0.3, 0.4) is 0 Å². The van der Waals surface area contributed by atoms with Crippen molar-refractivity contribution >= 4 is 17.5 Å². The van der Waals surface area contributed by atoms with Crippen molar-refractivity contribution in [2.75, 3.05) is 5.06 Å². The lowest BCUT2D eigenvalue weighted by Gasteiger charge is -2.26. The van der Waals surface area contributed by atoms with Crippen LogP contribution in [0.1, 0.15) is 15.9 Å². The summed E-state index contributed by atoms with van der Waals surface area (Å²) in [5.41, 5.74) is 3.84. The average molecular weight is 379 g/mol. The number of benzene rings is 3. The molecule has 3 aromatic carbocycles. The van der Waals surface area contributed by atoms with Gasteiger partial charge in [-0.05, 0) is 23.3 Å². The zero-order chi connectivity index (χ0) is 19.6. The molecule has 1 aliphatic carbocycles. The highest BCUT2D eigenvalue weighted by Crippen LogP contribution is 2.43. The molecule has 29 heavy (non-hydrogen) atoms. The Balaban J connectivity index is 1.57. The van der Waals surface area contributed by atoms with Crippen molar-refractivity contribution in [3.8, 4) is 0 Å². The summed E-state index contributed by atoms with van der Waals surface area (Å²) in [4.78, 5) is 19.9. The van der Waals surface area contributed by atoms with E-state index < -0.39 is 6.04 Å². The minimum absolute atomic E-state index is 0.0527. The van der Waals surface area contributed by atoms with E-state index in [0.717, 1.165) is 16.8 Å². The van der Waals surface area contributed by atoms with Gasteiger partial charge >= 0.3 is 0 Å². The van der Waals surface area contributed by atoms with E-state index >= 15 is 0 Å². The molecule has 5 rings (SSSR count). The van der Waals surface area contributed by atoms with Crippen LogP contribution in [-0.2, 0) is 4.84 Å². The van der Waals surface area contributed by atoms with Crippen molar-refractivity contribution in [3.05, 3.63) is 120 Å². The van der Waals surface area contributed by atoms with E-state index in [1.165, 1.54) is 0 Å². The van der Waals surface area contributed by atoms with Gasteiger partial charge in [0.1, 0.15) is 12.1 Å². The standard InChI is InChI=1S/C26H21NO2/c28-26(20-12-6-2-7-13-20)25-24-21(18-19-10-4-1-5-11-19)16-17-23(24)29-27(25)22-14-8-3-9-15-22/h1-18,23-25H/b21-18+/t23-,24+,25+/m1/s1. The lowest BCUT2D eigenvalue weighted by atomic mass is 9.86. The Hall–Kier alpha value is -3.43. The number of fused-ring (bicyclic) bond motifs is 1. The summed E-state index contributed by atoms with van der Waals surface area (Å²) in [5, 5.41) is 1.80. The number of allylic oxidation sites excluding steroid dienone is 1. The molecule has 0 aromatic heterocycles. The molecule has 3 atom stereocenters. The third kappa shape index (κ3) is 3.30. The number of carbonyl (C=O) groups is 1. The molecule has 0 saturated carbocycles. The lowest BCUT2D eigenvalue weighted by Crippen LogP contribution is -2.40. The smallest absolute Gasteiger partial charge is 0.188 e. The van der Waals surface area contributed by atoms with Crippen LogP contribution in [0.15, 0.2) is 109 Å². The first-order valence-corrected chi connectivity index (χ1v) is 9.86. The molecule has 0 N–H and O–H groups in total. The molecule has 1 aliphatic heterocycles. The van der Waals surface area contributed by atoms with E-state index in [1.54, 1.807) is 5.06 Å². The summed E-state index contributed by atoms with van der Waals surface area (Å²) < 4.78 is 0. The maximum atomic E-state index is 13.6. The second-order valence-corrected chi connectivity index (χ2v) is 7.35. The summed E-state index contributed by atoms with van der Waals surface area (Å²) in [6.07, 6.45) is 6.16. The number of nitrogens with zero attached hydrogens (tertiary/aromatic N) is 1. The Kier molecular flexibility index (Phi) is 4.59. The van der Waals surface area contributed by atoms with Crippen LogP contribution >= 0.6 is 0 Å². The number of hydroxylamine groups is 1. The summed E-state index contributed by atoms with van der Waals surface area (Å²) in [6.45, 7) is 0. The summed E-state index contributed by atoms with van der Waals surface area (Å²) in [6, 6.07) is 29.1. The van der Waals surface area contributed by atoms with Crippen molar-refractivity contribution in [2.45, 2.75) is 12.1 Å². The molecule has 0 radical (unpaired) electrons. The second-order valence-electron chi connectivity index (χ2n) is 7.35. The highest BCUT2D eigenvalue weighted by Gasteiger charge is 2.50. The van der Waals surface area contributed by atoms with Gasteiger partial charge in [0.15, 0.2) is 5.78 Å². The average Bonchev–Trinajstić information content (AvgIpc) is 3.35. The van der Waals surface area contributed by atoms with E-state index in [9.17, 15) is 4.79 Å². The van der Waals surface area contributed by atoms with Gasteiger partial charge in [0.2, 0.25) is 0 Å². The van der Waals surface area contributed by atoms with Crippen molar-refractivity contribution in [2.24, 2.45) is 5.92 Å². The molecule has 0 bridgehead atoms. The molecule has 0 spiro atoms. The molecule has 1 saturated heterocycles. The zero-order valence-corrected chi connectivity index (χ0v) is 15.9. The van der Waals surface area contributed by atoms with Crippen LogP contribution < -0.4 is 5.06 Å². The molecule has 0 amide bonds. The Morgan fingerprint density at radius 3 is 2.14 bits per heavy atom. The molecule has 2 aliphatic rings. The number of ketones is 1. The molecular weight excluding hydrogens is 358 g/mol. The van der Waals surface area contributed by atoms with Gasteiger partial charge in [-0.25, -0.2) is 5.06 Å². The number of hydrogen-bond acceptors (Lipinski definition) is 3. The number of para-hydroxylation sites is 1. The Morgan fingerprint density at radius 1 is 0.828 bits per heavy atom. The SMILES string of the molecule is O=C(c1ccccc1)[C@@H]1[C@H]2/C(=C/c3ccccc3)C=C[C@H]2ON1c1ccccc1. The second kappa shape index (κ2) is 7.53. The van der Waals surface area contributed by atoms with Gasteiger partial charge in [-0.3, -0.25) is 9.63 Å². The fourth-order valence-electron chi connectivity index (χ4n) is 4.16. The Bertz CT molecular complexity index is 1060. The molecule has 1 fully saturated rings. The third-order valence-corrected chi connectivity index (χ3v) is 5.52. The fourth-order valence-corrected chi connectivity index (χ4v) is 4.16. The van der Waals surface area contributed by atoms with Gasteiger partial charge in [-0.1, -0.05) is 97.1 Å². The molecule has 3 heteroatoms. The molecule has 3 aromatic rings. The van der Waals surface area contributed by atoms with Crippen molar-refractivity contribution in [1.29, 1.82) is 0 Å². The first kappa shape index (κ1) is 17.7. The van der Waals surface area contributed by atoms with Crippen LogP contribution in [0.4, 0.5) is 5.69 Å². The minimum atomic E-state index is -0.422. The van der Waals surface area contributed by atoms with Crippen LogP contribution in [0, 0.1) is 5.92 Å². The van der Waals surface area contributed by atoms with Crippen molar-refractivity contribution in [1.82, 2.24) is 0 Å². The number of rotatable bonds is 4. The predicted octanol–water partition coefficient (Wildman–Crippen LogP) is 5.33. The highest BCUT2D eigenvalue weighted by atomic mass is 16.7. The maximum Gasteiger partial charge on any atom is 0.188 e. The van der Waals surface area contributed by atoms with Gasteiger partial charge in [-0.15, -0.1) is 0 Å². The number of Topliss-reactive ketones (excluding diaryl/α,β-unsaturated/α-hetero) is 1. The fraction of sp³-hybridized carbons (Fsp3) is 0.115. The van der Waals surface area contributed by atoms with Gasteiger partial charge < -0.3 is 0 Å². The largest absolute Gasteiger partial charge is 0.292 e. The third-order valence-electron chi connectivity index (χ3n) is 5.52. The minimum Gasteiger partial charge on any atom is -0.292 e. The van der Waals surface area contributed by atoms with E-state index in [-0.39, 0.29) is 17.8 Å². The highest BCUT2D eigenvalue weighted by molar-refractivity contribution is 6.03. The Labute approximate surface area is 170 Å². The molecule has 1 heterocycles. The summed E-state index contributed by atoms with van der Waals surface area (Å²) >= 11 is 0. The zero-order valence-electron chi connectivity index (χ0n) is 15.9. The van der Waals surface area contributed by atoms with Crippen molar-refractivity contribution < 1.29 is 9.63 Å². The van der Waals surface area contributed by atoms with E-state index in [1.807, 2.05) is 78.9 Å². The summed E-state index contributed by atoms with van der Waals surface area (Å²) in [7, 11) is 0.